The van der Waals surface area contributed by atoms with Gasteiger partial charge in [0.1, 0.15) is 11.9 Å². The molecular weight excluding hydrogens is 548 g/mol. The Morgan fingerprint density at radius 2 is 1.82 bits per heavy atom. The van der Waals surface area contributed by atoms with Gasteiger partial charge in [-0.2, -0.15) is 0 Å². The fourth-order valence-corrected chi connectivity index (χ4v) is 5.45. The number of hydrogen-bond acceptors (Lipinski definition) is 5. The summed E-state index contributed by atoms with van der Waals surface area (Å²) in [6.45, 7) is 4.31. The van der Waals surface area contributed by atoms with Gasteiger partial charge in [-0.25, -0.2) is 14.8 Å². The quantitative estimate of drug-likeness (QED) is 0.302. The monoisotopic (exact) mass is 576 g/mol. The van der Waals surface area contributed by atoms with Crippen LogP contribution in [0, 0.1) is 5.92 Å². The van der Waals surface area contributed by atoms with Gasteiger partial charge in [0, 0.05) is 23.6 Å². The number of nitrogens with zero attached hydrogens (tertiary/aromatic N) is 5. The van der Waals surface area contributed by atoms with Crippen molar-refractivity contribution < 1.29 is 14.7 Å². The maximum Gasteiger partial charge on any atom is 0.407 e. The van der Waals surface area contributed by atoms with E-state index in [-0.39, 0.29) is 17.9 Å². The molecule has 0 bridgehead atoms. The summed E-state index contributed by atoms with van der Waals surface area (Å²) in [5.41, 5.74) is 5.23. The first-order valence-corrected chi connectivity index (χ1v) is 13.4. The highest BCUT2D eigenvalue weighted by molar-refractivity contribution is 9.10. The fourth-order valence-electron chi connectivity index (χ4n) is 5.10. The average molecular weight is 577 g/mol. The van der Waals surface area contributed by atoms with Gasteiger partial charge in [0.25, 0.3) is 0 Å². The molecule has 1 fully saturated rings. The first-order chi connectivity index (χ1) is 18.2. The molecule has 2 N–H and O–H groups in total. The van der Waals surface area contributed by atoms with Crippen LogP contribution >= 0.6 is 15.9 Å². The van der Waals surface area contributed by atoms with E-state index in [1.165, 1.54) is 7.05 Å². The molecule has 0 aliphatic carbocycles. The number of halogens is 1. The number of H-pyrrole nitrogens is 1. The number of hydrogen-bond donors (Lipinski definition) is 2. The van der Waals surface area contributed by atoms with E-state index in [1.54, 1.807) is 17.3 Å². The van der Waals surface area contributed by atoms with Gasteiger partial charge >= 0.3 is 6.09 Å². The molecule has 196 valence electrons. The molecule has 2 atom stereocenters. The summed E-state index contributed by atoms with van der Waals surface area (Å²) in [6, 6.07) is 12.9. The Morgan fingerprint density at radius 1 is 1.08 bits per heavy atom. The molecule has 1 unspecified atom stereocenters. The Balaban J connectivity index is 1.35. The summed E-state index contributed by atoms with van der Waals surface area (Å²) in [4.78, 5) is 45.2. The predicted molar refractivity (Wildman–Crippen MR) is 148 cm³/mol. The number of carbonyl (C=O) groups is 2. The van der Waals surface area contributed by atoms with Gasteiger partial charge in [-0.3, -0.25) is 14.7 Å². The van der Waals surface area contributed by atoms with Crippen LogP contribution in [0.2, 0.25) is 0 Å². The number of nitrogens with one attached hydrogen (secondary N) is 1. The number of rotatable bonds is 6. The molecule has 1 aliphatic rings. The van der Waals surface area contributed by atoms with E-state index >= 15 is 0 Å². The van der Waals surface area contributed by atoms with Crippen LogP contribution in [0.5, 0.6) is 0 Å². The highest BCUT2D eigenvalue weighted by Gasteiger charge is 2.39. The first-order valence-electron chi connectivity index (χ1n) is 12.6. The highest BCUT2D eigenvalue weighted by atomic mass is 79.9. The molecule has 9 nitrogen and oxygen atoms in total. The van der Waals surface area contributed by atoms with Gasteiger partial charge in [-0.15, -0.1) is 0 Å². The lowest BCUT2D eigenvalue weighted by Crippen LogP contribution is -2.51. The van der Waals surface area contributed by atoms with E-state index < -0.39 is 12.1 Å². The molecular formula is C28H29BrN6O3. The third-order valence-electron chi connectivity index (χ3n) is 7.05. The molecule has 10 heteroatoms. The van der Waals surface area contributed by atoms with Crippen LogP contribution in [-0.2, 0) is 4.79 Å². The van der Waals surface area contributed by atoms with Crippen molar-refractivity contribution in [1.29, 1.82) is 0 Å². The summed E-state index contributed by atoms with van der Waals surface area (Å²) in [7, 11) is 1.45. The number of carbonyl (C=O) groups excluding carboxylic acids is 1. The maximum atomic E-state index is 13.4. The van der Waals surface area contributed by atoms with Crippen molar-refractivity contribution in [2.75, 3.05) is 13.6 Å². The largest absolute Gasteiger partial charge is 0.465 e. The Morgan fingerprint density at radius 3 is 2.53 bits per heavy atom. The van der Waals surface area contributed by atoms with Gasteiger partial charge in [0.2, 0.25) is 5.91 Å². The number of likely N-dealkylation sites (tertiary alicyclic amines) is 1. The second-order valence-electron chi connectivity index (χ2n) is 9.92. The lowest BCUT2D eigenvalue weighted by molar-refractivity contribution is -0.138. The summed E-state index contributed by atoms with van der Waals surface area (Å²) in [5.74, 6) is 0.380. The first kappa shape index (κ1) is 25.8. The second-order valence-corrected chi connectivity index (χ2v) is 10.8. The number of imidazole rings is 1. The number of benzene rings is 2. The van der Waals surface area contributed by atoms with Crippen LogP contribution in [0.4, 0.5) is 4.79 Å². The van der Waals surface area contributed by atoms with Crippen LogP contribution in [0.15, 0.2) is 59.3 Å². The number of aromatic nitrogens is 4. The number of aromatic amines is 1. The zero-order valence-electron chi connectivity index (χ0n) is 21.4. The molecule has 2 aromatic carbocycles. The van der Waals surface area contributed by atoms with E-state index in [9.17, 15) is 14.7 Å². The molecule has 0 spiro atoms. The van der Waals surface area contributed by atoms with Crippen molar-refractivity contribution in [3.8, 4) is 22.5 Å². The van der Waals surface area contributed by atoms with Crippen molar-refractivity contribution in [2.24, 2.45) is 5.92 Å². The fraction of sp³-hybridized carbons (Fsp3) is 0.321. The zero-order chi connectivity index (χ0) is 27.0. The third-order valence-corrected chi connectivity index (χ3v) is 7.54. The van der Waals surface area contributed by atoms with Crippen molar-refractivity contribution in [3.05, 3.63) is 65.2 Å². The second kappa shape index (κ2) is 10.5. The molecule has 2 aromatic heterocycles. The average Bonchev–Trinajstić information content (AvgIpc) is 3.58. The van der Waals surface area contributed by atoms with Crippen molar-refractivity contribution >= 4 is 39.0 Å². The third kappa shape index (κ3) is 5.00. The minimum Gasteiger partial charge on any atom is -0.465 e. The van der Waals surface area contributed by atoms with E-state index in [0.29, 0.717) is 12.4 Å². The van der Waals surface area contributed by atoms with E-state index in [2.05, 4.69) is 30.9 Å². The Labute approximate surface area is 229 Å². The zero-order valence-corrected chi connectivity index (χ0v) is 23.0. The normalized spacial score (nSPS) is 16.2. The minimum absolute atomic E-state index is 0.148. The molecule has 3 heterocycles. The molecule has 2 amide bonds. The molecule has 4 aromatic rings. The molecule has 0 saturated carbocycles. The Bertz CT molecular complexity index is 1490. The predicted octanol–water partition coefficient (Wildman–Crippen LogP) is 5.75. The lowest BCUT2D eigenvalue weighted by Gasteiger charge is -2.33. The van der Waals surface area contributed by atoms with Gasteiger partial charge in [0.05, 0.1) is 40.9 Å². The van der Waals surface area contributed by atoms with Crippen LogP contribution in [0.3, 0.4) is 0 Å². The smallest absolute Gasteiger partial charge is 0.407 e. The lowest BCUT2D eigenvalue weighted by atomic mass is 10.0. The standard InChI is InChI=1S/C28H29BrN6O3/c1-16(2)25(34(3)28(37)38)27(36)35-12-4-5-24(35)26-31-15-23(33-26)18-8-6-17(7-9-18)22-14-30-21-13-19(29)10-11-20(21)32-22/h6-11,13-16,24-25H,4-5,12H2,1-3H3,(H,31,33)(H,37,38)/t24?,25-/m0/s1. The topological polar surface area (TPSA) is 115 Å². The Kier molecular flexibility index (Phi) is 7.16. The van der Waals surface area contributed by atoms with Crippen molar-refractivity contribution in [3.63, 3.8) is 0 Å². The molecule has 38 heavy (non-hydrogen) atoms. The van der Waals surface area contributed by atoms with E-state index in [1.807, 2.05) is 56.3 Å². The molecule has 1 saturated heterocycles. The summed E-state index contributed by atoms with van der Waals surface area (Å²) in [5, 5.41) is 9.48. The summed E-state index contributed by atoms with van der Waals surface area (Å²) in [6.07, 6.45) is 4.06. The van der Waals surface area contributed by atoms with Crippen molar-refractivity contribution in [1.82, 2.24) is 29.7 Å². The van der Waals surface area contributed by atoms with Gasteiger partial charge in [0.15, 0.2) is 0 Å². The molecule has 5 rings (SSSR count). The van der Waals surface area contributed by atoms with Gasteiger partial charge in [-0.05, 0) is 42.5 Å². The van der Waals surface area contributed by atoms with Crippen LogP contribution < -0.4 is 0 Å². The van der Waals surface area contributed by atoms with Crippen LogP contribution in [-0.4, -0.2) is 66.5 Å². The van der Waals surface area contributed by atoms with E-state index in [0.717, 1.165) is 55.8 Å². The minimum atomic E-state index is -1.11. The summed E-state index contributed by atoms with van der Waals surface area (Å²) >= 11 is 3.46. The van der Waals surface area contributed by atoms with E-state index in [4.69, 9.17) is 4.98 Å². The SMILES string of the molecule is CC(C)[C@@H](C(=O)N1CCCC1c1ncc(-c2ccc(-c3cnc4cc(Br)ccc4n3)cc2)[nH]1)N(C)C(=O)O. The summed E-state index contributed by atoms with van der Waals surface area (Å²) < 4.78 is 0.966. The Hall–Kier alpha value is -3.79. The number of amides is 2. The maximum absolute atomic E-state index is 13.4. The number of fused-ring (bicyclic) bond motifs is 1. The van der Waals surface area contributed by atoms with Crippen LogP contribution in [0.1, 0.15) is 38.6 Å². The highest BCUT2D eigenvalue weighted by Crippen LogP contribution is 2.33. The van der Waals surface area contributed by atoms with Crippen LogP contribution in [0.25, 0.3) is 33.5 Å². The van der Waals surface area contributed by atoms with Crippen molar-refractivity contribution in [2.45, 2.75) is 38.8 Å². The molecule has 1 aliphatic heterocycles. The van der Waals surface area contributed by atoms with Gasteiger partial charge < -0.3 is 15.0 Å². The van der Waals surface area contributed by atoms with Gasteiger partial charge in [-0.1, -0.05) is 54.0 Å². The molecule has 0 radical (unpaired) electrons. The number of likely N-dealkylation sites (N-methyl/N-ethyl adjacent to an activating group) is 1. The number of carboxylic acid groups (broad SMARTS) is 1.